The van der Waals surface area contributed by atoms with E-state index in [0.717, 1.165) is 17.1 Å². The molecular formula is C13H26N4O2. The van der Waals surface area contributed by atoms with Crippen LogP contribution in [0.25, 0.3) is 0 Å². The standard InChI is InChI=1S/C13H26N4O2/c1-8(7-18)9(2)15-11(6-14)12-10(3)16-17(4)13(12)19-5/h8-9,11,15,18H,6-7,14H2,1-5H3. The van der Waals surface area contributed by atoms with E-state index in [4.69, 9.17) is 10.5 Å². The third-order valence-corrected chi connectivity index (χ3v) is 3.60. The minimum Gasteiger partial charge on any atom is -0.481 e. The van der Waals surface area contributed by atoms with Crippen LogP contribution in [-0.4, -0.2) is 41.2 Å². The largest absolute Gasteiger partial charge is 0.481 e. The highest BCUT2D eigenvalue weighted by Gasteiger charge is 2.24. The van der Waals surface area contributed by atoms with Crippen molar-refractivity contribution in [2.75, 3.05) is 20.3 Å². The Bertz CT molecular complexity index is 406. The van der Waals surface area contributed by atoms with Gasteiger partial charge in [0.25, 0.3) is 0 Å². The summed E-state index contributed by atoms with van der Waals surface area (Å²) < 4.78 is 7.12. The number of hydrogen-bond donors (Lipinski definition) is 3. The van der Waals surface area contributed by atoms with Gasteiger partial charge >= 0.3 is 0 Å². The number of nitrogens with two attached hydrogens (primary N) is 1. The molecule has 0 aliphatic heterocycles. The first-order valence-electron chi connectivity index (χ1n) is 6.60. The van der Waals surface area contributed by atoms with E-state index < -0.39 is 0 Å². The van der Waals surface area contributed by atoms with E-state index >= 15 is 0 Å². The number of rotatable bonds is 7. The van der Waals surface area contributed by atoms with E-state index in [1.807, 2.05) is 27.8 Å². The van der Waals surface area contributed by atoms with E-state index in [9.17, 15) is 5.11 Å². The second-order valence-electron chi connectivity index (χ2n) is 5.04. The molecule has 4 N–H and O–H groups in total. The summed E-state index contributed by atoms with van der Waals surface area (Å²) in [7, 11) is 3.48. The van der Waals surface area contributed by atoms with Gasteiger partial charge < -0.3 is 20.9 Å². The minimum atomic E-state index is -0.0346. The van der Waals surface area contributed by atoms with Gasteiger partial charge in [-0.1, -0.05) is 6.92 Å². The maximum atomic E-state index is 9.21. The van der Waals surface area contributed by atoms with E-state index in [0.29, 0.717) is 6.54 Å². The molecular weight excluding hydrogens is 244 g/mol. The summed E-state index contributed by atoms with van der Waals surface area (Å²) in [5.74, 6) is 0.890. The van der Waals surface area contributed by atoms with Crippen LogP contribution >= 0.6 is 0 Å². The van der Waals surface area contributed by atoms with Gasteiger partial charge in [0.15, 0.2) is 0 Å². The average Bonchev–Trinajstić information content (AvgIpc) is 2.68. The third kappa shape index (κ3) is 3.46. The summed E-state index contributed by atoms with van der Waals surface area (Å²) in [6, 6.07) is 0.121. The maximum absolute atomic E-state index is 9.21. The lowest BCUT2D eigenvalue weighted by Crippen LogP contribution is -2.40. The molecule has 0 saturated carbocycles. The van der Waals surface area contributed by atoms with Crippen LogP contribution in [0.3, 0.4) is 0 Å². The molecule has 0 bridgehead atoms. The predicted molar refractivity (Wildman–Crippen MR) is 75.1 cm³/mol. The van der Waals surface area contributed by atoms with Gasteiger partial charge in [-0.05, 0) is 19.8 Å². The summed E-state index contributed by atoms with van der Waals surface area (Å²) in [5, 5.41) is 17.0. The lowest BCUT2D eigenvalue weighted by Gasteiger charge is -2.26. The highest BCUT2D eigenvalue weighted by atomic mass is 16.5. The molecule has 0 aliphatic carbocycles. The lowest BCUT2D eigenvalue weighted by molar-refractivity contribution is 0.200. The molecule has 19 heavy (non-hydrogen) atoms. The molecule has 0 aliphatic rings. The zero-order chi connectivity index (χ0) is 14.6. The quantitative estimate of drug-likeness (QED) is 0.665. The highest BCUT2D eigenvalue weighted by Crippen LogP contribution is 2.28. The Morgan fingerprint density at radius 2 is 2.11 bits per heavy atom. The van der Waals surface area contributed by atoms with Crippen LogP contribution in [0, 0.1) is 12.8 Å². The summed E-state index contributed by atoms with van der Waals surface area (Å²) in [5.41, 5.74) is 7.78. The SMILES string of the molecule is COc1c(C(CN)NC(C)C(C)CO)c(C)nn1C. The summed E-state index contributed by atoms with van der Waals surface area (Å²) in [6.07, 6.45) is 0. The number of ether oxygens (including phenoxy) is 1. The van der Waals surface area contributed by atoms with E-state index in [1.54, 1.807) is 11.8 Å². The van der Waals surface area contributed by atoms with Gasteiger partial charge in [-0.2, -0.15) is 5.10 Å². The fourth-order valence-corrected chi connectivity index (χ4v) is 2.21. The van der Waals surface area contributed by atoms with Crippen molar-refractivity contribution >= 4 is 0 Å². The normalized spacial score (nSPS) is 16.2. The number of nitrogens with one attached hydrogen (secondary N) is 1. The fourth-order valence-electron chi connectivity index (χ4n) is 2.21. The molecule has 1 rings (SSSR count). The number of aryl methyl sites for hydroxylation is 2. The molecule has 6 heteroatoms. The Morgan fingerprint density at radius 1 is 1.47 bits per heavy atom. The van der Waals surface area contributed by atoms with Crippen LogP contribution in [0.15, 0.2) is 0 Å². The second-order valence-corrected chi connectivity index (χ2v) is 5.04. The Hall–Kier alpha value is -1.11. The molecule has 3 unspecified atom stereocenters. The number of methoxy groups -OCH3 is 1. The molecule has 6 nitrogen and oxygen atoms in total. The van der Waals surface area contributed by atoms with Crippen molar-refractivity contribution in [3.05, 3.63) is 11.3 Å². The molecule has 0 aromatic carbocycles. The zero-order valence-corrected chi connectivity index (χ0v) is 12.5. The first kappa shape index (κ1) is 15.9. The molecule has 110 valence electrons. The molecule has 0 spiro atoms. The Balaban J connectivity index is 2.97. The van der Waals surface area contributed by atoms with Crippen LogP contribution in [-0.2, 0) is 7.05 Å². The Morgan fingerprint density at radius 3 is 2.58 bits per heavy atom. The summed E-state index contributed by atoms with van der Waals surface area (Å²) in [6.45, 7) is 6.59. The minimum absolute atomic E-state index is 0.0346. The van der Waals surface area contributed by atoms with Gasteiger partial charge in [0.1, 0.15) is 0 Å². The van der Waals surface area contributed by atoms with Crippen molar-refractivity contribution in [3.63, 3.8) is 0 Å². The van der Waals surface area contributed by atoms with Gasteiger partial charge in [0.2, 0.25) is 5.88 Å². The van der Waals surface area contributed by atoms with Crippen molar-refractivity contribution in [3.8, 4) is 5.88 Å². The molecule has 0 amide bonds. The average molecular weight is 270 g/mol. The van der Waals surface area contributed by atoms with Gasteiger partial charge in [0.05, 0.1) is 24.4 Å². The number of aromatic nitrogens is 2. The lowest BCUT2D eigenvalue weighted by atomic mass is 10.0. The van der Waals surface area contributed by atoms with Crippen molar-refractivity contribution in [1.29, 1.82) is 0 Å². The smallest absolute Gasteiger partial charge is 0.216 e. The summed E-state index contributed by atoms with van der Waals surface area (Å²) >= 11 is 0. The van der Waals surface area contributed by atoms with Crippen LogP contribution in [0.4, 0.5) is 0 Å². The maximum Gasteiger partial charge on any atom is 0.216 e. The molecule has 0 radical (unpaired) electrons. The van der Waals surface area contributed by atoms with Crippen molar-refractivity contribution in [1.82, 2.24) is 15.1 Å². The van der Waals surface area contributed by atoms with Gasteiger partial charge in [0, 0.05) is 26.2 Å². The number of aliphatic hydroxyl groups excluding tert-OH is 1. The number of hydrogen-bond acceptors (Lipinski definition) is 5. The Kier molecular flexibility index (Phi) is 5.78. The third-order valence-electron chi connectivity index (χ3n) is 3.60. The topological polar surface area (TPSA) is 85.3 Å². The zero-order valence-electron chi connectivity index (χ0n) is 12.5. The molecule has 1 heterocycles. The van der Waals surface area contributed by atoms with Crippen molar-refractivity contribution in [2.45, 2.75) is 32.9 Å². The fraction of sp³-hybridized carbons (Fsp3) is 0.769. The summed E-state index contributed by atoms with van der Waals surface area (Å²) in [4.78, 5) is 0. The first-order valence-corrected chi connectivity index (χ1v) is 6.60. The number of nitrogens with zero attached hydrogens (tertiary/aromatic N) is 2. The van der Waals surface area contributed by atoms with E-state index in [-0.39, 0.29) is 24.6 Å². The van der Waals surface area contributed by atoms with Crippen LogP contribution in [0.1, 0.15) is 31.1 Å². The van der Waals surface area contributed by atoms with Crippen molar-refractivity contribution < 1.29 is 9.84 Å². The molecule has 0 saturated heterocycles. The van der Waals surface area contributed by atoms with Crippen LogP contribution in [0.2, 0.25) is 0 Å². The predicted octanol–water partition coefficient (Wildman–Crippen LogP) is 0.343. The molecule has 1 aromatic rings. The van der Waals surface area contributed by atoms with Gasteiger partial charge in [-0.25, -0.2) is 4.68 Å². The van der Waals surface area contributed by atoms with Gasteiger partial charge in [-0.3, -0.25) is 0 Å². The molecule has 0 fully saturated rings. The first-order chi connectivity index (χ1) is 8.96. The second kappa shape index (κ2) is 6.88. The van der Waals surface area contributed by atoms with Crippen LogP contribution in [0.5, 0.6) is 5.88 Å². The van der Waals surface area contributed by atoms with E-state index in [2.05, 4.69) is 10.4 Å². The van der Waals surface area contributed by atoms with Crippen molar-refractivity contribution in [2.24, 2.45) is 18.7 Å². The highest BCUT2D eigenvalue weighted by molar-refractivity contribution is 5.34. The monoisotopic (exact) mass is 270 g/mol. The van der Waals surface area contributed by atoms with Crippen LogP contribution < -0.4 is 15.8 Å². The Labute approximate surface area is 114 Å². The number of aliphatic hydroxyl groups is 1. The molecule has 1 aromatic heterocycles. The van der Waals surface area contributed by atoms with Gasteiger partial charge in [-0.15, -0.1) is 0 Å². The van der Waals surface area contributed by atoms with E-state index in [1.165, 1.54) is 0 Å². The molecule has 3 atom stereocenters.